The topological polar surface area (TPSA) is 12.5 Å². The minimum absolute atomic E-state index is 0.633. The highest BCUT2D eigenvalue weighted by molar-refractivity contribution is 5.08. The van der Waals surface area contributed by atoms with Crippen molar-refractivity contribution in [1.29, 1.82) is 0 Å². The van der Waals surface area contributed by atoms with Crippen LogP contribution in [0.1, 0.15) is 78.1 Å². The Hall–Kier alpha value is -0.0800. The van der Waals surface area contributed by atoms with E-state index in [0.717, 1.165) is 42.9 Å². The first-order valence-corrected chi connectivity index (χ1v) is 11.4. The van der Waals surface area contributed by atoms with E-state index >= 15 is 0 Å². The van der Waals surface area contributed by atoms with Crippen molar-refractivity contribution in [3.63, 3.8) is 0 Å². The molecule has 5 fully saturated rings. The van der Waals surface area contributed by atoms with Crippen LogP contribution in [0.25, 0.3) is 0 Å². The predicted octanol–water partition coefficient (Wildman–Crippen LogP) is 5.12. The molecule has 1 aliphatic heterocycles. The van der Waals surface area contributed by atoms with Crippen molar-refractivity contribution in [2.24, 2.45) is 34.5 Å². The van der Waals surface area contributed by atoms with E-state index in [0.29, 0.717) is 10.8 Å². The van der Waals surface area contributed by atoms with E-state index in [9.17, 15) is 0 Å². The monoisotopic (exact) mass is 345 g/mol. The summed E-state index contributed by atoms with van der Waals surface area (Å²) >= 11 is 0. The van der Waals surface area contributed by atoms with Gasteiger partial charge in [0.2, 0.25) is 0 Å². The minimum Gasteiger partial charge on any atom is -0.379 e. The van der Waals surface area contributed by atoms with E-state index in [1.165, 1.54) is 51.6 Å². The Morgan fingerprint density at radius 1 is 0.840 bits per heavy atom. The van der Waals surface area contributed by atoms with Crippen LogP contribution in [0.5, 0.6) is 0 Å². The fourth-order valence-corrected chi connectivity index (χ4v) is 8.58. The zero-order valence-corrected chi connectivity index (χ0v) is 16.6. The molecule has 0 bridgehead atoms. The van der Waals surface area contributed by atoms with E-state index in [4.69, 9.17) is 4.74 Å². The van der Waals surface area contributed by atoms with Crippen LogP contribution in [0.2, 0.25) is 0 Å². The zero-order chi connectivity index (χ0) is 17.1. The van der Waals surface area contributed by atoms with E-state index in [1.807, 2.05) is 0 Å². The fraction of sp³-hybridized carbons (Fsp3) is 1.00. The third-order valence-corrected chi connectivity index (χ3v) is 9.93. The van der Waals surface area contributed by atoms with Gasteiger partial charge in [0.1, 0.15) is 0 Å². The van der Waals surface area contributed by atoms with Crippen molar-refractivity contribution in [2.75, 3.05) is 26.3 Å². The molecule has 2 heteroatoms. The highest BCUT2D eigenvalue weighted by Gasteiger charge is 2.58. The molecule has 0 radical (unpaired) electrons. The Morgan fingerprint density at radius 2 is 1.64 bits per heavy atom. The zero-order valence-electron chi connectivity index (χ0n) is 16.6. The SMILES string of the molecule is C[C@@]12CCC[C@H]1[C@@H]1CC[C@H]3CCC(N4CCOCC4)C[C@]3(C)[C@H]1CC2. The maximum absolute atomic E-state index is 5.62. The molecule has 142 valence electrons. The van der Waals surface area contributed by atoms with Crippen LogP contribution in [-0.2, 0) is 4.74 Å². The number of rotatable bonds is 1. The van der Waals surface area contributed by atoms with Crippen LogP contribution in [-0.4, -0.2) is 37.2 Å². The van der Waals surface area contributed by atoms with Gasteiger partial charge in [-0.2, -0.15) is 0 Å². The van der Waals surface area contributed by atoms with Gasteiger partial charge in [-0.1, -0.05) is 20.3 Å². The second-order valence-electron chi connectivity index (χ2n) is 10.8. The smallest absolute Gasteiger partial charge is 0.0594 e. The molecule has 25 heavy (non-hydrogen) atoms. The van der Waals surface area contributed by atoms with E-state index in [2.05, 4.69) is 18.7 Å². The average Bonchev–Trinajstić information content (AvgIpc) is 3.03. The lowest BCUT2D eigenvalue weighted by Crippen LogP contribution is -2.56. The molecular weight excluding hydrogens is 306 g/mol. The summed E-state index contributed by atoms with van der Waals surface area (Å²) < 4.78 is 5.62. The largest absolute Gasteiger partial charge is 0.379 e. The summed E-state index contributed by atoms with van der Waals surface area (Å²) in [6.45, 7) is 9.66. The van der Waals surface area contributed by atoms with E-state index in [1.54, 1.807) is 25.7 Å². The summed E-state index contributed by atoms with van der Waals surface area (Å²) in [6, 6.07) is 0.848. The molecule has 0 amide bonds. The van der Waals surface area contributed by atoms with E-state index in [-0.39, 0.29) is 0 Å². The molecule has 1 unspecified atom stereocenters. The van der Waals surface area contributed by atoms with Crippen LogP contribution in [0.3, 0.4) is 0 Å². The van der Waals surface area contributed by atoms with Crippen LogP contribution in [0.4, 0.5) is 0 Å². The number of ether oxygens (including phenoxy) is 1. The standard InChI is InChI=1S/C23H39NO/c1-22-10-3-4-20(22)19-8-6-17-5-7-18(24-12-14-25-15-13-24)16-23(17,2)21(19)9-11-22/h17-21H,3-16H2,1-2H3/t17-,18?,19+,20+,21+,22+,23+/m1/s1. The Bertz CT molecular complexity index is 500. The van der Waals surface area contributed by atoms with Crippen molar-refractivity contribution in [2.45, 2.75) is 84.1 Å². The summed E-state index contributed by atoms with van der Waals surface area (Å²) in [5.41, 5.74) is 1.34. The van der Waals surface area contributed by atoms with Gasteiger partial charge < -0.3 is 4.74 Å². The van der Waals surface area contributed by atoms with Gasteiger partial charge in [0.15, 0.2) is 0 Å². The fourth-order valence-electron chi connectivity index (χ4n) is 8.58. The van der Waals surface area contributed by atoms with Crippen LogP contribution in [0, 0.1) is 34.5 Å². The quantitative estimate of drug-likeness (QED) is 0.654. The Labute approximate surface area is 155 Å². The Kier molecular flexibility index (Phi) is 4.25. The van der Waals surface area contributed by atoms with Crippen LogP contribution >= 0.6 is 0 Å². The van der Waals surface area contributed by atoms with Gasteiger partial charge in [-0.15, -0.1) is 0 Å². The predicted molar refractivity (Wildman–Crippen MR) is 103 cm³/mol. The lowest BCUT2D eigenvalue weighted by atomic mass is 9.45. The molecule has 5 rings (SSSR count). The normalized spacial score (nSPS) is 53.8. The van der Waals surface area contributed by atoms with Gasteiger partial charge in [-0.3, -0.25) is 4.90 Å². The molecule has 0 N–H and O–H groups in total. The third kappa shape index (κ3) is 2.64. The molecule has 0 aromatic heterocycles. The first-order valence-electron chi connectivity index (χ1n) is 11.4. The number of nitrogens with zero attached hydrogens (tertiary/aromatic N) is 1. The van der Waals surface area contributed by atoms with Crippen molar-refractivity contribution < 1.29 is 4.74 Å². The number of hydrogen-bond acceptors (Lipinski definition) is 2. The van der Waals surface area contributed by atoms with Crippen LogP contribution < -0.4 is 0 Å². The molecule has 0 aromatic carbocycles. The van der Waals surface area contributed by atoms with Gasteiger partial charge in [-0.25, -0.2) is 0 Å². The molecule has 0 aromatic rings. The summed E-state index contributed by atoms with van der Waals surface area (Å²) in [7, 11) is 0. The first-order chi connectivity index (χ1) is 12.1. The highest BCUT2D eigenvalue weighted by atomic mass is 16.5. The van der Waals surface area contributed by atoms with Crippen molar-refractivity contribution in [3.05, 3.63) is 0 Å². The molecule has 5 aliphatic rings. The van der Waals surface area contributed by atoms with Gasteiger partial charge in [0.25, 0.3) is 0 Å². The van der Waals surface area contributed by atoms with Gasteiger partial charge in [-0.05, 0) is 92.3 Å². The summed E-state index contributed by atoms with van der Waals surface area (Å²) in [5.74, 6) is 4.18. The summed E-state index contributed by atoms with van der Waals surface area (Å²) in [4.78, 5) is 2.79. The summed E-state index contributed by atoms with van der Waals surface area (Å²) in [6.07, 6.45) is 15.2. The lowest BCUT2D eigenvalue weighted by Gasteiger charge is -2.61. The van der Waals surface area contributed by atoms with E-state index < -0.39 is 0 Å². The van der Waals surface area contributed by atoms with Crippen molar-refractivity contribution in [3.8, 4) is 0 Å². The second-order valence-corrected chi connectivity index (χ2v) is 10.8. The maximum atomic E-state index is 5.62. The Balaban J connectivity index is 1.38. The van der Waals surface area contributed by atoms with Gasteiger partial charge in [0.05, 0.1) is 13.2 Å². The van der Waals surface area contributed by atoms with Gasteiger partial charge >= 0.3 is 0 Å². The average molecular weight is 346 g/mol. The molecule has 4 aliphatic carbocycles. The van der Waals surface area contributed by atoms with Crippen molar-refractivity contribution >= 4 is 0 Å². The van der Waals surface area contributed by atoms with Gasteiger partial charge in [0, 0.05) is 19.1 Å². The summed E-state index contributed by atoms with van der Waals surface area (Å²) in [5, 5.41) is 0. The molecule has 0 spiro atoms. The Morgan fingerprint density at radius 3 is 2.48 bits per heavy atom. The maximum Gasteiger partial charge on any atom is 0.0594 e. The first kappa shape index (κ1) is 17.0. The van der Waals surface area contributed by atoms with Crippen LogP contribution in [0.15, 0.2) is 0 Å². The number of morpholine rings is 1. The number of hydrogen-bond donors (Lipinski definition) is 0. The number of fused-ring (bicyclic) bond motifs is 5. The minimum atomic E-state index is 0.633. The molecule has 2 nitrogen and oxygen atoms in total. The molecule has 1 saturated heterocycles. The lowest BCUT2D eigenvalue weighted by molar-refractivity contribution is -0.122. The third-order valence-electron chi connectivity index (χ3n) is 9.93. The molecule has 1 heterocycles. The van der Waals surface area contributed by atoms with Crippen molar-refractivity contribution in [1.82, 2.24) is 4.90 Å². The molecular formula is C23H39NO. The highest BCUT2D eigenvalue weighted by Crippen LogP contribution is 2.66. The molecule has 7 atom stereocenters. The second kappa shape index (κ2) is 6.23. The molecule has 4 saturated carbocycles.